The van der Waals surface area contributed by atoms with Crippen molar-refractivity contribution in [2.24, 2.45) is 5.41 Å². The molecule has 19 heavy (non-hydrogen) atoms. The van der Waals surface area contributed by atoms with Gasteiger partial charge in [-0.15, -0.1) is 0 Å². The maximum absolute atomic E-state index is 11.6. The lowest BCUT2D eigenvalue weighted by atomic mass is 9.89. The smallest absolute Gasteiger partial charge is 0.140 e. The molecule has 0 aliphatic carbocycles. The number of ether oxygens (including phenoxy) is 3. The monoisotopic (exact) mass is 274 g/mol. The number of rotatable bonds is 12. The van der Waals surface area contributed by atoms with Crippen molar-refractivity contribution >= 4 is 5.78 Å². The molecule has 0 N–H and O–H groups in total. The Morgan fingerprint density at radius 2 is 1.32 bits per heavy atom. The molecule has 0 aliphatic rings. The van der Waals surface area contributed by atoms with E-state index in [2.05, 4.69) is 6.92 Å². The zero-order valence-electron chi connectivity index (χ0n) is 13.0. The SMILES string of the molecule is CCCCOCCOCCOCCC(=O)C(C)(C)C. The molecular weight excluding hydrogens is 244 g/mol. The Morgan fingerprint density at radius 1 is 0.842 bits per heavy atom. The molecule has 0 atom stereocenters. The zero-order chi connectivity index (χ0) is 14.6. The van der Waals surface area contributed by atoms with E-state index < -0.39 is 0 Å². The second-order valence-corrected chi connectivity index (χ2v) is 5.61. The van der Waals surface area contributed by atoms with Crippen molar-refractivity contribution < 1.29 is 19.0 Å². The van der Waals surface area contributed by atoms with Gasteiger partial charge >= 0.3 is 0 Å². The third-order valence-corrected chi connectivity index (χ3v) is 2.70. The first-order chi connectivity index (χ1) is 8.98. The van der Waals surface area contributed by atoms with Gasteiger partial charge in [-0.3, -0.25) is 4.79 Å². The van der Waals surface area contributed by atoms with Crippen LogP contribution in [-0.2, 0) is 19.0 Å². The van der Waals surface area contributed by atoms with Gasteiger partial charge in [0.1, 0.15) is 5.78 Å². The predicted octanol–water partition coefficient (Wildman–Crippen LogP) is 2.84. The van der Waals surface area contributed by atoms with E-state index in [1.54, 1.807) is 0 Å². The molecule has 0 heterocycles. The average Bonchev–Trinajstić information content (AvgIpc) is 2.34. The quantitative estimate of drug-likeness (QED) is 0.513. The van der Waals surface area contributed by atoms with Gasteiger partial charge in [-0.2, -0.15) is 0 Å². The number of hydrogen-bond donors (Lipinski definition) is 0. The molecule has 0 aromatic heterocycles. The number of ketones is 1. The summed E-state index contributed by atoms with van der Waals surface area (Å²) in [6.45, 7) is 11.5. The zero-order valence-corrected chi connectivity index (χ0v) is 13.0. The van der Waals surface area contributed by atoms with E-state index in [4.69, 9.17) is 14.2 Å². The summed E-state index contributed by atoms with van der Waals surface area (Å²) in [6.07, 6.45) is 2.73. The van der Waals surface area contributed by atoms with Crippen molar-refractivity contribution in [2.45, 2.75) is 47.0 Å². The van der Waals surface area contributed by atoms with E-state index in [9.17, 15) is 4.79 Å². The molecule has 0 bridgehead atoms. The van der Waals surface area contributed by atoms with E-state index in [0.29, 0.717) is 39.5 Å². The molecular formula is C15H30O4. The minimum Gasteiger partial charge on any atom is -0.379 e. The van der Waals surface area contributed by atoms with Crippen LogP contribution >= 0.6 is 0 Å². The summed E-state index contributed by atoms with van der Waals surface area (Å²) in [5, 5.41) is 0. The van der Waals surface area contributed by atoms with Crippen LogP contribution in [0.2, 0.25) is 0 Å². The number of carbonyl (C=O) groups excluding carboxylic acids is 1. The fourth-order valence-electron chi connectivity index (χ4n) is 1.33. The molecule has 0 amide bonds. The summed E-state index contributed by atoms with van der Waals surface area (Å²) < 4.78 is 16.1. The molecule has 0 radical (unpaired) electrons. The van der Waals surface area contributed by atoms with E-state index in [-0.39, 0.29) is 11.2 Å². The Balaban J connectivity index is 3.17. The maximum Gasteiger partial charge on any atom is 0.140 e. The second-order valence-electron chi connectivity index (χ2n) is 5.61. The normalized spacial score (nSPS) is 11.8. The van der Waals surface area contributed by atoms with Crippen LogP contribution in [0, 0.1) is 5.41 Å². The highest BCUT2D eigenvalue weighted by atomic mass is 16.5. The Morgan fingerprint density at radius 3 is 1.79 bits per heavy atom. The van der Waals surface area contributed by atoms with Crippen LogP contribution in [0.5, 0.6) is 0 Å². The van der Waals surface area contributed by atoms with Crippen LogP contribution in [0.1, 0.15) is 47.0 Å². The Kier molecular flexibility index (Phi) is 11.1. The van der Waals surface area contributed by atoms with Crippen LogP contribution in [-0.4, -0.2) is 45.4 Å². The van der Waals surface area contributed by atoms with Gasteiger partial charge in [-0.25, -0.2) is 0 Å². The second kappa shape index (κ2) is 11.4. The van der Waals surface area contributed by atoms with Crippen molar-refractivity contribution in [3.63, 3.8) is 0 Å². The minimum absolute atomic E-state index is 0.234. The molecule has 0 spiro atoms. The molecule has 0 saturated heterocycles. The third-order valence-electron chi connectivity index (χ3n) is 2.70. The van der Waals surface area contributed by atoms with Crippen molar-refractivity contribution in [3.8, 4) is 0 Å². The van der Waals surface area contributed by atoms with Gasteiger partial charge in [0.25, 0.3) is 0 Å². The molecule has 0 aliphatic heterocycles. The van der Waals surface area contributed by atoms with Crippen molar-refractivity contribution in [1.29, 1.82) is 0 Å². The summed E-state index contributed by atoms with van der Waals surface area (Å²) in [6, 6.07) is 0. The first kappa shape index (κ1) is 18.6. The molecule has 0 unspecified atom stereocenters. The first-order valence-electron chi connectivity index (χ1n) is 7.25. The van der Waals surface area contributed by atoms with Crippen molar-refractivity contribution in [1.82, 2.24) is 0 Å². The minimum atomic E-state index is -0.268. The van der Waals surface area contributed by atoms with Gasteiger partial charge in [0.15, 0.2) is 0 Å². The van der Waals surface area contributed by atoms with E-state index in [1.807, 2.05) is 20.8 Å². The Hall–Kier alpha value is -0.450. The fourth-order valence-corrected chi connectivity index (χ4v) is 1.33. The fraction of sp³-hybridized carbons (Fsp3) is 0.933. The lowest BCUT2D eigenvalue weighted by molar-refractivity contribution is -0.127. The van der Waals surface area contributed by atoms with Crippen LogP contribution in [0.25, 0.3) is 0 Å². The number of unbranched alkanes of at least 4 members (excludes halogenated alkanes) is 1. The Labute approximate surface area is 117 Å². The van der Waals surface area contributed by atoms with Gasteiger partial charge in [-0.1, -0.05) is 34.1 Å². The molecule has 0 saturated carbocycles. The number of Topliss-reactive ketones (excluding diaryl/α,β-unsaturated/α-hetero) is 1. The van der Waals surface area contributed by atoms with Crippen LogP contribution in [0.15, 0.2) is 0 Å². The first-order valence-corrected chi connectivity index (χ1v) is 7.25. The molecule has 114 valence electrons. The van der Waals surface area contributed by atoms with Crippen molar-refractivity contribution in [2.75, 3.05) is 39.6 Å². The molecule has 0 aromatic carbocycles. The lowest BCUT2D eigenvalue weighted by Crippen LogP contribution is -2.21. The number of carbonyl (C=O) groups is 1. The van der Waals surface area contributed by atoms with Gasteiger partial charge < -0.3 is 14.2 Å². The largest absolute Gasteiger partial charge is 0.379 e. The standard InChI is InChI=1S/C15H30O4/c1-5-6-8-17-10-12-19-13-11-18-9-7-14(16)15(2,3)4/h5-13H2,1-4H3. The molecule has 4 heteroatoms. The van der Waals surface area contributed by atoms with Gasteiger partial charge in [-0.05, 0) is 6.42 Å². The van der Waals surface area contributed by atoms with Crippen LogP contribution in [0.4, 0.5) is 0 Å². The number of hydrogen-bond acceptors (Lipinski definition) is 4. The molecule has 0 fully saturated rings. The van der Waals surface area contributed by atoms with E-state index in [1.165, 1.54) is 0 Å². The lowest BCUT2D eigenvalue weighted by Gasteiger charge is -2.16. The summed E-state index contributed by atoms with van der Waals surface area (Å²) in [4.78, 5) is 11.6. The third kappa shape index (κ3) is 12.3. The Bertz CT molecular complexity index is 221. The summed E-state index contributed by atoms with van der Waals surface area (Å²) in [5.41, 5.74) is -0.268. The molecule has 0 aromatic rings. The van der Waals surface area contributed by atoms with E-state index in [0.717, 1.165) is 19.4 Å². The van der Waals surface area contributed by atoms with Crippen LogP contribution < -0.4 is 0 Å². The summed E-state index contributed by atoms with van der Waals surface area (Å²) >= 11 is 0. The summed E-state index contributed by atoms with van der Waals surface area (Å²) in [5.74, 6) is 0.234. The summed E-state index contributed by atoms with van der Waals surface area (Å²) in [7, 11) is 0. The van der Waals surface area contributed by atoms with Gasteiger partial charge in [0, 0.05) is 18.4 Å². The van der Waals surface area contributed by atoms with Gasteiger partial charge in [0.2, 0.25) is 0 Å². The average molecular weight is 274 g/mol. The molecule has 0 rings (SSSR count). The van der Waals surface area contributed by atoms with Gasteiger partial charge in [0.05, 0.1) is 33.0 Å². The predicted molar refractivity (Wildman–Crippen MR) is 76.4 cm³/mol. The van der Waals surface area contributed by atoms with Crippen molar-refractivity contribution in [3.05, 3.63) is 0 Å². The topological polar surface area (TPSA) is 44.8 Å². The maximum atomic E-state index is 11.6. The van der Waals surface area contributed by atoms with E-state index >= 15 is 0 Å². The van der Waals surface area contributed by atoms with Crippen LogP contribution in [0.3, 0.4) is 0 Å². The highest BCUT2D eigenvalue weighted by Gasteiger charge is 2.20. The highest BCUT2D eigenvalue weighted by Crippen LogP contribution is 2.16. The highest BCUT2D eigenvalue weighted by molar-refractivity contribution is 5.83. The molecule has 4 nitrogen and oxygen atoms in total.